The Balaban J connectivity index is 1.32. The molecule has 32 heavy (non-hydrogen) atoms. The molecule has 1 aliphatic rings. The summed E-state index contributed by atoms with van der Waals surface area (Å²) in [6.07, 6.45) is 0. The molecule has 4 rings (SSSR count). The molecule has 2 heterocycles. The highest BCUT2D eigenvalue weighted by atomic mass is 35.5. The normalized spacial score (nSPS) is 13.9. The number of carbonyl (C=O) groups excluding carboxylic acids is 1. The zero-order chi connectivity index (χ0) is 22.7. The molecule has 0 N–H and O–H groups in total. The molecule has 0 radical (unpaired) electrons. The molecule has 0 unspecified atom stereocenters. The number of halogens is 4. The van der Waals surface area contributed by atoms with E-state index < -0.39 is 5.82 Å². The number of anilines is 1. The summed E-state index contributed by atoms with van der Waals surface area (Å²) >= 11 is 18.1. The van der Waals surface area contributed by atoms with Crippen LogP contribution >= 0.6 is 34.8 Å². The standard InChI is InChI=1S/C22H18Cl3FN4O2/c23-16-4-2-1-3-15(16)19-5-6-20(28-27-19)29-7-9-30(10-8-29)21(31)13-32-22-17(24)11-14(26)12-18(22)25/h1-6,11-12H,7-10,13H2. The van der Waals surface area contributed by atoms with E-state index in [0.717, 1.165) is 23.5 Å². The first-order valence-corrected chi connectivity index (χ1v) is 10.9. The quantitative estimate of drug-likeness (QED) is 0.500. The Bertz CT molecular complexity index is 1100. The topological polar surface area (TPSA) is 58.6 Å². The van der Waals surface area contributed by atoms with Crippen molar-refractivity contribution >= 4 is 46.5 Å². The van der Waals surface area contributed by atoms with Gasteiger partial charge in [-0.3, -0.25) is 4.79 Å². The molecule has 2 aromatic carbocycles. The van der Waals surface area contributed by atoms with Crippen molar-refractivity contribution in [3.8, 4) is 17.0 Å². The molecule has 3 aromatic rings. The SMILES string of the molecule is O=C(COc1c(Cl)cc(F)cc1Cl)N1CCN(c2ccc(-c3ccccc3Cl)nn2)CC1. The van der Waals surface area contributed by atoms with Crippen LogP contribution in [0.1, 0.15) is 0 Å². The Morgan fingerprint density at radius 2 is 1.62 bits per heavy atom. The highest BCUT2D eigenvalue weighted by Crippen LogP contribution is 2.33. The fraction of sp³-hybridized carbons (Fsp3) is 0.227. The molecule has 0 spiro atoms. The van der Waals surface area contributed by atoms with Gasteiger partial charge in [-0.05, 0) is 30.3 Å². The van der Waals surface area contributed by atoms with Crippen LogP contribution in [-0.2, 0) is 4.79 Å². The molecule has 10 heteroatoms. The summed E-state index contributed by atoms with van der Waals surface area (Å²) in [5, 5.41) is 9.28. The predicted molar refractivity (Wildman–Crippen MR) is 123 cm³/mol. The Labute approximate surface area is 199 Å². The number of nitrogens with zero attached hydrogens (tertiary/aromatic N) is 4. The summed E-state index contributed by atoms with van der Waals surface area (Å²) in [6.45, 7) is 1.97. The van der Waals surface area contributed by atoms with Gasteiger partial charge >= 0.3 is 0 Å². The molecule has 6 nitrogen and oxygen atoms in total. The van der Waals surface area contributed by atoms with E-state index in [1.807, 2.05) is 36.4 Å². The van der Waals surface area contributed by atoms with Crippen LogP contribution in [0.4, 0.5) is 10.2 Å². The van der Waals surface area contributed by atoms with Gasteiger partial charge in [0.2, 0.25) is 0 Å². The minimum absolute atomic E-state index is 0.0198. The number of hydrogen-bond donors (Lipinski definition) is 0. The maximum absolute atomic E-state index is 13.3. The molecule has 0 saturated carbocycles. The van der Waals surface area contributed by atoms with Gasteiger partial charge in [-0.15, -0.1) is 10.2 Å². The van der Waals surface area contributed by atoms with E-state index in [1.54, 1.807) is 4.90 Å². The van der Waals surface area contributed by atoms with Crippen molar-refractivity contribution in [2.24, 2.45) is 0 Å². The average Bonchev–Trinajstić information content (AvgIpc) is 2.79. The number of amides is 1. The second-order valence-corrected chi connectivity index (χ2v) is 8.33. The van der Waals surface area contributed by atoms with Crippen LogP contribution in [0.3, 0.4) is 0 Å². The van der Waals surface area contributed by atoms with Gasteiger partial charge in [-0.2, -0.15) is 0 Å². The smallest absolute Gasteiger partial charge is 0.260 e. The monoisotopic (exact) mass is 494 g/mol. The summed E-state index contributed by atoms with van der Waals surface area (Å²) in [6, 6.07) is 13.4. The summed E-state index contributed by atoms with van der Waals surface area (Å²) in [5.74, 6) is 0.0451. The minimum Gasteiger partial charge on any atom is -0.481 e. The molecule has 0 bridgehead atoms. The lowest BCUT2D eigenvalue weighted by atomic mass is 10.1. The zero-order valence-corrected chi connectivity index (χ0v) is 19.0. The summed E-state index contributed by atoms with van der Waals surface area (Å²) < 4.78 is 18.7. The first-order chi connectivity index (χ1) is 15.4. The Kier molecular flexibility index (Phi) is 6.98. The summed E-state index contributed by atoms with van der Waals surface area (Å²) in [5.41, 5.74) is 1.52. The first kappa shape index (κ1) is 22.6. The lowest BCUT2D eigenvalue weighted by Crippen LogP contribution is -2.50. The number of benzene rings is 2. The molecule has 166 valence electrons. The number of piperazine rings is 1. The maximum atomic E-state index is 13.3. The van der Waals surface area contributed by atoms with E-state index in [4.69, 9.17) is 39.5 Å². The van der Waals surface area contributed by atoms with Crippen molar-refractivity contribution in [2.75, 3.05) is 37.7 Å². The molecule has 1 fully saturated rings. The number of carbonyl (C=O) groups is 1. The molecule has 1 aliphatic heterocycles. The van der Waals surface area contributed by atoms with Crippen LogP contribution in [0.25, 0.3) is 11.3 Å². The van der Waals surface area contributed by atoms with Gasteiger partial charge in [0, 0.05) is 31.7 Å². The van der Waals surface area contributed by atoms with Gasteiger partial charge in [0.25, 0.3) is 5.91 Å². The van der Waals surface area contributed by atoms with Crippen molar-refractivity contribution < 1.29 is 13.9 Å². The third-order valence-electron chi connectivity index (χ3n) is 5.06. The lowest BCUT2D eigenvalue weighted by molar-refractivity contribution is -0.133. The van der Waals surface area contributed by atoms with Crippen LogP contribution in [0.2, 0.25) is 15.1 Å². The van der Waals surface area contributed by atoms with Gasteiger partial charge in [0.1, 0.15) is 5.82 Å². The van der Waals surface area contributed by atoms with Gasteiger partial charge in [-0.1, -0.05) is 53.0 Å². The first-order valence-electron chi connectivity index (χ1n) is 9.81. The molecule has 1 aromatic heterocycles. The fourth-order valence-electron chi connectivity index (χ4n) is 3.38. The minimum atomic E-state index is -0.571. The van der Waals surface area contributed by atoms with Gasteiger partial charge in [0.05, 0.1) is 20.8 Å². The largest absolute Gasteiger partial charge is 0.481 e. The molecule has 0 aliphatic carbocycles. The van der Waals surface area contributed by atoms with E-state index in [9.17, 15) is 9.18 Å². The third kappa shape index (κ3) is 5.06. The van der Waals surface area contributed by atoms with Crippen LogP contribution in [0.15, 0.2) is 48.5 Å². The second kappa shape index (κ2) is 9.90. The van der Waals surface area contributed by atoms with Crippen molar-refractivity contribution in [3.05, 3.63) is 69.4 Å². The molecule has 0 atom stereocenters. The Morgan fingerprint density at radius 1 is 0.938 bits per heavy atom. The van der Waals surface area contributed by atoms with Crippen LogP contribution in [0, 0.1) is 5.82 Å². The van der Waals surface area contributed by atoms with E-state index in [0.29, 0.717) is 36.9 Å². The zero-order valence-electron chi connectivity index (χ0n) is 16.8. The lowest BCUT2D eigenvalue weighted by Gasteiger charge is -2.35. The Hall–Kier alpha value is -2.61. The summed E-state index contributed by atoms with van der Waals surface area (Å²) in [4.78, 5) is 16.3. The number of aromatic nitrogens is 2. The van der Waals surface area contributed by atoms with E-state index in [2.05, 4.69) is 15.1 Å². The molecule has 1 amide bonds. The molecular weight excluding hydrogens is 478 g/mol. The van der Waals surface area contributed by atoms with Gasteiger partial charge < -0.3 is 14.5 Å². The highest BCUT2D eigenvalue weighted by molar-refractivity contribution is 6.37. The second-order valence-electron chi connectivity index (χ2n) is 7.11. The molecule has 1 saturated heterocycles. The van der Waals surface area contributed by atoms with Crippen molar-refractivity contribution in [3.63, 3.8) is 0 Å². The van der Waals surface area contributed by atoms with Crippen molar-refractivity contribution in [1.82, 2.24) is 15.1 Å². The Morgan fingerprint density at radius 3 is 2.25 bits per heavy atom. The maximum Gasteiger partial charge on any atom is 0.260 e. The number of hydrogen-bond acceptors (Lipinski definition) is 5. The van der Waals surface area contributed by atoms with E-state index in [-0.39, 0.29) is 28.3 Å². The number of ether oxygens (including phenoxy) is 1. The van der Waals surface area contributed by atoms with Crippen molar-refractivity contribution in [2.45, 2.75) is 0 Å². The van der Waals surface area contributed by atoms with Crippen LogP contribution < -0.4 is 9.64 Å². The van der Waals surface area contributed by atoms with E-state index in [1.165, 1.54) is 0 Å². The van der Waals surface area contributed by atoms with Crippen LogP contribution in [0.5, 0.6) is 5.75 Å². The highest BCUT2D eigenvalue weighted by Gasteiger charge is 2.23. The van der Waals surface area contributed by atoms with Crippen LogP contribution in [-0.4, -0.2) is 53.8 Å². The average molecular weight is 496 g/mol. The number of rotatable bonds is 5. The molecular formula is C22H18Cl3FN4O2. The summed E-state index contributed by atoms with van der Waals surface area (Å²) in [7, 11) is 0. The van der Waals surface area contributed by atoms with Crippen molar-refractivity contribution in [1.29, 1.82) is 0 Å². The fourth-order valence-corrected chi connectivity index (χ4v) is 4.19. The van der Waals surface area contributed by atoms with Gasteiger partial charge in [0.15, 0.2) is 18.2 Å². The third-order valence-corrected chi connectivity index (χ3v) is 5.95. The predicted octanol–water partition coefficient (Wildman–Crippen LogP) is 4.97. The van der Waals surface area contributed by atoms with Gasteiger partial charge in [-0.25, -0.2) is 4.39 Å². The van der Waals surface area contributed by atoms with E-state index >= 15 is 0 Å².